The number of rotatable bonds is 1. The second kappa shape index (κ2) is 11.9. The monoisotopic (exact) mass is 304 g/mol. The van der Waals surface area contributed by atoms with Crippen molar-refractivity contribution in [2.45, 2.75) is 39.2 Å². The largest absolute Gasteiger partial charge is 0.394 e. The van der Waals surface area contributed by atoms with Gasteiger partial charge in [0.15, 0.2) is 5.82 Å². The summed E-state index contributed by atoms with van der Waals surface area (Å²) in [5.74, 6) is 0.279. The van der Waals surface area contributed by atoms with Gasteiger partial charge in [0.05, 0.1) is 12.4 Å². The quantitative estimate of drug-likeness (QED) is 0.775. The van der Waals surface area contributed by atoms with Crippen molar-refractivity contribution in [3.8, 4) is 0 Å². The molecule has 5 nitrogen and oxygen atoms in total. The highest BCUT2D eigenvalue weighted by atomic mass is 32.2. The lowest BCUT2D eigenvalue weighted by atomic mass is 10.1. The van der Waals surface area contributed by atoms with Crippen molar-refractivity contribution < 1.29 is 9.50 Å². The summed E-state index contributed by atoms with van der Waals surface area (Å²) < 4.78 is 12.5. The lowest BCUT2D eigenvalue weighted by Crippen LogP contribution is -2.30. The molecular formula is C13H25FN4OS. The lowest BCUT2D eigenvalue weighted by molar-refractivity contribution is 0.216. The van der Waals surface area contributed by atoms with Crippen molar-refractivity contribution in [2.75, 3.05) is 24.2 Å². The molecule has 0 atom stereocenters. The van der Waals surface area contributed by atoms with Crippen molar-refractivity contribution in [1.29, 1.82) is 0 Å². The van der Waals surface area contributed by atoms with Gasteiger partial charge < -0.3 is 10.0 Å². The summed E-state index contributed by atoms with van der Waals surface area (Å²) in [5.41, 5.74) is 0. The van der Waals surface area contributed by atoms with Crippen LogP contribution in [0.25, 0.3) is 0 Å². The fraction of sp³-hybridized carbons (Fsp3) is 0.692. The molecule has 0 unspecified atom stereocenters. The number of nitrogens with zero attached hydrogens (tertiary/aromatic N) is 3. The Morgan fingerprint density at radius 3 is 2.05 bits per heavy atom. The molecule has 116 valence electrons. The molecule has 0 saturated carbocycles. The standard InChI is InChI=1S/C9H12FN3.C3H8O.CH5NS/c10-8-6-11-9(12-7-8)13-4-2-1-3-5-13;1-3(2)4;1-3-2/h6-7H,1-5H2;3-4H,1-2H3;2H2,1H3. The van der Waals surface area contributed by atoms with E-state index in [2.05, 4.69) is 14.9 Å². The minimum Gasteiger partial charge on any atom is -0.394 e. The Morgan fingerprint density at radius 2 is 1.65 bits per heavy atom. The van der Waals surface area contributed by atoms with Crippen molar-refractivity contribution in [3.63, 3.8) is 0 Å². The molecule has 0 radical (unpaired) electrons. The Hall–Kier alpha value is -0.920. The molecule has 3 N–H and O–H groups in total. The van der Waals surface area contributed by atoms with Crippen LogP contribution >= 0.6 is 11.9 Å². The van der Waals surface area contributed by atoms with Crippen molar-refractivity contribution >= 4 is 17.9 Å². The molecule has 20 heavy (non-hydrogen) atoms. The van der Waals surface area contributed by atoms with Crippen LogP contribution in [0, 0.1) is 5.82 Å². The summed E-state index contributed by atoms with van der Waals surface area (Å²) in [6, 6.07) is 0. The fourth-order valence-electron chi connectivity index (χ4n) is 1.56. The molecule has 0 aromatic carbocycles. The lowest BCUT2D eigenvalue weighted by Gasteiger charge is -2.26. The van der Waals surface area contributed by atoms with E-state index in [0.29, 0.717) is 5.95 Å². The van der Waals surface area contributed by atoms with Crippen LogP contribution in [0.15, 0.2) is 12.4 Å². The molecular weight excluding hydrogens is 279 g/mol. The van der Waals surface area contributed by atoms with Gasteiger partial charge in [-0.2, -0.15) is 0 Å². The Morgan fingerprint density at radius 1 is 1.25 bits per heavy atom. The number of anilines is 1. The van der Waals surface area contributed by atoms with E-state index in [-0.39, 0.29) is 11.9 Å². The zero-order chi connectivity index (χ0) is 15.4. The van der Waals surface area contributed by atoms with Crippen LogP contribution in [0.1, 0.15) is 33.1 Å². The number of piperidine rings is 1. The average Bonchev–Trinajstić information content (AvgIpc) is 2.41. The summed E-state index contributed by atoms with van der Waals surface area (Å²) in [7, 11) is 0. The van der Waals surface area contributed by atoms with Crippen LogP contribution in [0.4, 0.5) is 10.3 Å². The van der Waals surface area contributed by atoms with E-state index >= 15 is 0 Å². The van der Waals surface area contributed by atoms with E-state index in [0.717, 1.165) is 13.1 Å². The first-order chi connectivity index (χ1) is 9.51. The van der Waals surface area contributed by atoms with Gasteiger partial charge in [0, 0.05) is 19.2 Å². The molecule has 1 aromatic heterocycles. The molecule has 7 heteroatoms. The summed E-state index contributed by atoms with van der Waals surface area (Å²) in [6.45, 7) is 5.43. The van der Waals surface area contributed by atoms with E-state index in [1.54, 1.807) is 13.8 Å². The number of aromatic nitrogens is 2. The maximum atomic E-state index is 12.5. The van der Waals surface area contributed by atoms with Gasteiger partial charge in [0.2, 0.25) is 5.95 Å². The minimum absolute atomic E-state index is 0.167. The number of halogens is 1. The van der Waals surface area contributed by atoms with Crippen LogP contribution < -0.4 is 10.0 Å². The highest BCUT2D eigenvalue weighted by molar-refractivity contribution is 7.96. The van der Waals surface area contributed by atoms with Gasteiger partial charge in [0.1, 0.15) is 0 Å². The Bertz CT molecular complexity index is 329. The molecule has 0 amide bonds. The third kappa shape index (κ3) is 9.94. The average molecular weight is 304 g/mol. The summed E-state index contributed by atoms with van der Waals surface area (Å²) in [5, 5.41) is 12.8. The molecule has 1 aliphatic rings. The van der Waals surface area contributed by atoms with E-state index in [1.165, 1.54) is 43.6 Å². The first-order valence-electron chi connectivity index (χ1n) is 6.64. The van der Waals surface area contributed by atoms with Gasteiger partial charge >= 0.3 is 0 Å². The molecule has 1 fully saturated rings. The topological polar surface area (TPSA) is 75.3 Å². The van der Waals surface area contributed by atoms with Gasteiger partial charge in [0.25, 0.3) is 0 Å². The van der Waals surface area contributed by atoms with Gasteiger partial charge in [-0.1, -0.05) is 11.9 Å². The maximum absolute atomic E-state index is 12.5. The van der Waals surface area contributed by atoms with Crippen molar-refractivity contribution in [3.05, 3.63) is 18.2 Å². The third-order valence-electron chi connectivity index (χ3n) is 2.25. The zero-order valence-electron chi connectivity index (χ0n) is 12.4. The van der Waals surface area contributed by atoms with Crippen LogP contribution in [-0.4, -0.2) is 40.5 Å². The number of hydrogen-bond donors (Lipinski definition) is 2. The Labute approximate surface area is 124 Å². The van der Waals surface area contributed by atoms with Gasteiger partial charge in [-0.25, -0.2) is 14.4 Å². The zero-order valence-corrected chi connectivity index (χ0v) is 13.2. The highest BCUT2D eigenvalue weighted by Gasteiger charge is 2.12. The second-order valence-electron chi connectivity index (χ2n) is 4.58. The number of nitrogens with two attached hydrogens (primary N) is 1. The summed E-state index contributed by atoms with van der Waals surface area (Å²) in [6.07, 6.45) is 7.73. The Kier molecular flexibility index (Phi) is 11.3. The smallest absolute Gasteiger partial charge is 0.225 e. The first kappa shape index (κ1) is 19.1. The molecule has 2 rings (SSSR count). The molecule has 0 spiro atoms. The predicted molar refractivity (Wildman–Crippen MR) is 83.1 cm³/mol. The van der Waals surface area contributed by atoms with Gasteiger partial charge in [-0.05, 0) is 39.4 Å². The van der Waals surface area contributed by atoms with Gasteiger partial charge in [-0.3, -0.25) is 5.14 Å². The van der Waals surface area contributed by atoms with Crippen LogP contribution in [0.5, 0.6) is 0 Å². The van der Waals surface area contributed by atoms with Crippen LogP contribution in [0.2, 0.25) is 0 Å². The Balaban J connectivity index is 0.000000438. The molecule has 1 saturated heterocycles. The van der Waals surface area contributed by atoms with Gasteiger partial charge in [-0.15, -0.1) is 0 Å². The van der Waals surface area contributed by atoms with E-state index in [9.17, 15) is 4.39 Å². The molecule has 2 heterocycles. The van der Waals surface area contributed by atoms with Crippen LogP contribution in [0.3, 0.4) is 0 Å². The molecule has 0 aliphatic carbocycles. The second-order valence-corrected chi connectivity index (χ2v) is 5.05. The van der Waals surface area contributed by atoms with E-state index < -0.39 is 0 Å². The third-order valence-corrected chi connectivity index (χ3v) is 2.25. The highest BCUT2D eigenvalue weighted by Crippen LogP contribution is 2.14. The number of aliphatic hydroxyl groups is 1. The summed E-state index contributed by atoms with van der Waals surface area (Å²) >= 11 is 1.25. The van der Waals surface area contributed by atoms with Crippen LogP contribution in [-0.2, 0) is 0 Å². The normalized spacial score (nSPS) is 14.1. The number of aliphatic hydroxyl groups excluding tert-OH is 1. The SMILES string of the molecule is CC(C)O.CSN.Fc1cnc(N2CCCCC2)nc1. The molecule has 1 aromatic rings. The van der Waals surface area contributed by atoms with Crippen molar-refractivity contribution in [2.24, 2.45) is 5.14 Å². The summed E-state index contributed by atoms with van der Waals surface area (Å²) in [4.78, 5) is 9.98. The molecule has 0 bridgehead atoms. The maximum Gasteiger partial charge on any atom is 0.225 e. The van der Waals surface area contributed by atoms with E-state index in [1.807, 2.05) is 6.26 Å². The number of hydrogen-bond acceptors (Lipinski definition) is 6. The minimum atomic E-state index is -0.374. The molecule has 1 aliphatic heterocycles. The van der Waals surface area contributed by atoms with E-state index in [4.69, 9.17) is 10.2 Å². The fourth-order valence-corrected chi connectivity index (χ4v) is 1.56. The first-order valence-corrected chi connectivity index (χ1v) is 7.93. The van der Waals surface area contributed by atoms with Crippen molar-refractivity contribution in [1.82, 2.24) is 9.97 Å². The predicted octanol–water partition coefficient (Wildman–Crippen LogP) is 2.22.